The van der Waals surface area contributed by atoms with Crippen LogP contribution in [-0.4, -0.2) is 55.7 Å². The van der Waals surface area contributed by atoms with E-state index in [2.05, 4.69) is 10.2 Å². The maximum absolute atomic E-state index is 12.5. The normalized spacial score (nSPS) is 34.0. The number of rotatable bonds is 6. The highest BCUT2D eigenvalue weighted by Crippen LogP contribution is 2.31. The van der Waals surface area contributed by atoms with Crippen LogP contribution < -0.4 is 11.1 Å². The van der Waals surface area contributed by atoms with Crippen LogP contribution in [0.5, 0.6) is 0 Å². The van der Waals surface area contributed by atoms with Crippen molar-refractivity contribution in [3.8, 4) is 0 Å². The molecule has 0 aromatic heterocycles. The van der Waals surface area contributed by atoms with Gasteiger partial charge in [-0.3, -0.25) is 9.69 Å². The first-order valence-electron chi connectivity index (χ1n) is 8.34. The minimum absolute atomic E-state index is 0.0277. The molecule has 1 aliphatic heterocycles. The molecular weight excluding hydrogens is 266 g/mol. The number of amides is 1. The molecule has 0 bridgehead atoms. The maximum atomic E-state index is 12.5. The van der Waals surface area contributed by atoms with Crippen molar-refractivity contribution < 1.29 is 9.53 Å². The molecule has 1 aliphatic carbocycles. The first-order chi connectivity index (χ1) is 10.0. The number of carbonyl (C=O) groups is 1. The lowest BCUT2D eigenvalue weighted by atomic mass is 9.74. The van der Waals surface area contributed by atoms with E-state index in [0.29, 0.717) is 6.04 Å². The van der Waals surface area contributed by atoms with Gasteiger partial charge in [0.15, 0.2) is 0 Å². The number of likely N-dealkylation sites (tertiary alicyclic amines) is 1. The third-order valence-corrected chi connectivity index (χ3v) is 5.16. The zero-order valence-corrected chi connectivity index (χ0v) is 13.6. The zero-order valence-electron chi connectivity index (χ0n) is 13.6. The molecule has 0 spiro atoms. The summed E-state index contributed by atoms with van der Waals surface area (Å²) in [6.45, 7) is 5.59. The van der Waals surface area contributed by atoms with Gasteiger partial charge in [0.2, 0.25) is 5.91 Å². The molecule has 1 amide bonds. The lowest BCUT2D eigenvalue weighted by Crippen LogP contribution is -2.54. The van der Waals surface area contributed by atoms with E-state index in [4.69, 9.17) is 10.5 Å². The molecule has 0 aromatic carbocycles. The van der Waals surface area contributed by atoms with Gasteiger partial charge < -0.3 is 15.8 Å². The number of nitrogens with two attached hydrogens (primary N) is 1. The second kappa shape index (κ2) is 7.56. The SMILES string of the molecule is COCCN1CCCC1CNC(=O)C1CCCCC1(C)N. The summed E-state index contributed by atoms with van der Waals surface area (Å²) in [5.74, 6) is 0.123. The van der Waals surface area contributed by atoms with Gasteiger partial charge in [-0.25, -0.2) is 0 Å². The van der Waals surface area contributed by atoms with Crippen LogP contribution in [0, 0.1) is 5.92 Å². The van der Waals surface area contributed by atoms with Gasteiger partial charge in [0.05, 0.1) is 12.5 Å². The summed E-state index contributed by atoms with van der Waals surface area (Å²) in [6.07, 6.45) is 6.51. The highest BCUT2D eigenvalue weighted by atomic mass is 16.5. The Morgan fingerprint density at radius 3 is 2.90 bits per heavy atom. The maximum Gasteiger partial charge on any atom is 0.225 e. The van der Waals surface area contributed by atoms with Gasteiger partial charge in [0.25, 0.3) is 0 Å². The molecule has 5 nitrogen and oxygen atoms in total. The monoisotopic (exact) mass is 297 g/mol. The number of nitrogens with one attached hydrogen (secondary N) is 1. The summed E-state index contributed by atoms with van der Waals surface area (Å²) >= 11 is 0. The fraction of sp³-hybridized carbons (Fsp3) is 0.938. The van der Waals surface area contributed by atoms with Crippen LogP contribution in [0.1, 0.15) is 45.4 Å². The Kier molecular flexibility index (Phi) is 6.02. The Bertz CT molecular complexity index is 346. The molecule has 5 heteroatoms. The highest BCUT2D eigenvalue weighted by molar-refractivity contribution is 5.80. The quantitative estimate of drug-likeness (QED) is 0.771. The van der Waals surface area contributed by atoms with Crippen molar-refractivity contribution in [1.29, 1.82) is 0 Å². The third-order valence-electron chi connectivity index (χ3n) is 5.16. The number of nitrogens with zero attached hydrogens (tertiary/aromatic N) is 1. The largest absolute Gasteiger partial charge is 0.383 e. The molecule has 3 atom stereocenters. The molecule has 1 heterocycles. The standard InChI is InChI=1S/C16H31N3O2/c1-16(17)8-4-3-7-14(16)15(20)18-12-13-6-5-9-19(13)10-11-21-2/h13-14H,3-12,17H2,1-2H3,(H,18,20). The predicted octanol–water partition coefficient (Wildman–Crippen LogP) is 1.12. The van der Waals surface area contributed by atoms with Gasteiger partial charge in [0.1, 0.15) is 0 Å². The number of carbonyl (C=O) groups excluding carboxylic acids is 1. The molecule has 122 valence electrons. The summed E-state index contributed by atoms with van der Waals surface area (Å²) in [7, 11) is 1.73. The van der Waals surface area contributed by atoms with E-state index in [-0.39, 0.29) is 17.4 Å². The Morgan fingerprint density at radius 2 is 2.19 bits per heavy atom. The average molecular weight is 297 g/mol. The van der Waals surface area contributed by atoms with Gasteiger partial charge in [-0.2, -0.15) is 0 Å². The van der Waals surface area contributed by atoms with Gasteiger partial charge in [-0.05, 0) is 39.2 Å². The molecule has 1 saturated carbocycles. The van der Waals surface area contributed by atoms with E-state index in [1.165, 1.54) is 6.42 Å². The summed E-state index contributed by atoms with van der Waals surface area (Å²) in [5, 5.41) is 3.15. The lowest BCUT2D eigenvalue weighted by Gasteiger charge is -2.37. The van der Waals surface area contributed by atoms with Crippen molar-refractivity contribution in [1.82, 2.24) is 10.2 Å². The summed E-state index contributed by atoms with van der Waals surface area (Å²) in [4.78, 5) is 14.9. The Morgan fingerprint density at radius 1 is 1.38 bits per heavy atom. The molecule has 2 rings (SSSR count). The van der Waals surface area contributed by atoms with Crippen LogP contribution in [0.2, 0.25) is 0 Å². The first-order valence-corrected chi connectivity index (χ1v) is 8.34. The van der Waals surface area contributed by atoms with E-state index in [1.807, 2.05) is 6.92 Å². The first kappa shape index (κ1) is 16.7. The number of hydrogen-bond donors (Lipinski definition) is 2. The molecule has 3 unspecified atom stereocenters. The topological polar surface area (TPSA) is 67.6 Å². The van der Waals surface area contributed by atoms with Crippen molar-refractivity contribution in [2.75, 3.05) is 33.4 Å². The van der Waals surface area contributed by atoms with E-state index in [1.54, 1.807) is 7.11 Å². The van der Waals surface area contributed by atoms with Crippen LogP contribution in [0.3, 0.4) is 0 Å². The van der Waals surface area contributed by atoms with Gasteiger partial charge >= 0.3 is 0 Å². The Hall–Kier alpha value is -0.650. The lowest BCUT2D eigenvalue weighted by molar-refractivity contribution is -0.128. The fourth-order valence-corrected chi connectivity index (χ4v) is 3.76. The molecule has 0 aromatic rings. The van der Waals surface area contributed by atoms with Crippen molar-refractivity contribution in [2.45, 2.75) is 57.0 Å². The minimum Gasteiger partial charge on any atom is -0.383 e. The van der Waals surface area contributed by atoms with Crippen LogP contribution in [0.15, 0.2) is 0 Å². The average Bonchev–Trinajstić information content (AvgIpc) is 2.89. The molecule has 2 fully saturated rings. The van der Waals surface area contributed by atoms with Gasteiger partial charge in [0, 0.05) is 31.8 Å². The molecule has 2 aliphatic rings. The van der Waals surface area contributed by atoms with Crippen LogP contribution in [0.4, 0.5) is 0 Å². The smallest absolute Gasteiger partial charge is 0.225 e. The Balaban J connectivity index is 1.80. The van der Waals surface area contributed by atoms with E-state index >= 15 is 0 Å². The highest BCUT2D eigenvalue weighted by Gasteiger charge is 2.38. The summed E-state index contributed by atoms with van der Waals surface area (Å²) < 4.78 is 5.15. The minimum atomic E-state index is -0.340. The van der Waals surface area contributed by atoms with E-state index < -0.39 is 0 Å². The molecule has 3 N–H and O–H groups in total. The van der Waals surface area contributed by atoms with Crippen LogP contribution >= 0.6 is 0 Å². The van der Waals surface area contributed by atoms with Gasteiger partial charge in [-0.15, -0.1) is 0 Å². The number of ether oxygens (including phenoxy) is 1. The molecule has 21 heavy (non-hydrogen) atoms. The van der Waals surface area contributed by atoms with Crippen molar-refractivity contribution in [3.63, 3.8) is 0 Å². The number of hydrogen-bond acceptors (Lipinski definition) is 4. The predicted molar refractivity (Wildman–Crippen MR) is 84.0 cm³/mol. The molecule has 0 radical (unpaired) electrons. The second-order valence-electron chi connectivity index (χ2n) is 6.87. The molecule has 1 saturated heterocycles. The van der Waals surface area contributed by atoms with Gasteiger partial charge in [-0.1, -0.05) is 12.8 Å². The second-order valence-corrected chi connectivity index (χ2v) is 6.87. The van der Waals surface area contributed by atoms with Crippen LogP contribution in [-0.2, 0) is 9.53 Å². The van der Waals surface area contributed by atoms with Crippen molar-refractivity contribution >= 4 is 5.91 Å². The zero-order chi connectivity index (χ0) is 15.3. The van der Waals surface area contributed by atoms with Crippen molar-refractivity contribution in [2.24, 2.45) is 11.7 Å². The van der Waals surface area contributed by atoms with Crippen molar-refractivity contribution in [3.05, 3.63) is 0 Å². The third kappa shape index (κ3) is 4.41. The summed E-state index contributed by atoms with van der Waals surface area (Å²) in [5.41, 5.74) is 5.97. The molecular formula is C16H31N3O2. The van der Waals surface area contributed by atoms with E-state index in [9.17, 15) is 4.79 Å². The van der Waals surface area contributed by atoms with Crippen LogP contribution in [0.25, 0.3) is 0 Å². The Labute approximate surface area is 128 Å². The van der Waals surface area contributed by atoms with E-state index in [0.717, 1.165) is 58.3 Å². The number of methoxy groups -OCH3 is 1. The fourth-order valence-electron chi connectivity index (χ4n) is 3.76. The summed E-state index contributed by atoms with van der Waals surface area (Å²) in [6, 6.07) is 0.455.